The monoisotopic (exact) mass is 261 g/mol. The van der Waals surface area contributed by atoms with Crippen LogP contribution in [-0.4, -0.2) is 23.8 Å². The summed E-state index contributed by atoms with van der Waals surface area (Å²) in [6, 6.07) is 8.76. The number of benzene rings is 1. The maximum Gasteiger partial charge on any atom is 0.0740 e. The molecule has 19 heavy (non-hydrogen) atoms. The van der Waals surface area contributed by atoms with E-state index < -0.39 is 5.60 Å². The van der Waals surface area contributed by atoms with Crippen LogP contribution in [0.5, 0.6) is 0 Å². The lowest BCUT2D eigenvalue weighted by molar-refractivity contribution is -0.0414. The third-order valence-electron chi connectivity index (χ3n) is 4.53. The maximum absolute atomic E-state index is 10.9. The molecule has 0 aliphatic carbocycles. The minimum absolute atomic E-state index is 0.367. The lowest BCUT2D eigenvalue weighted by atomic mass is 9.76. The molecule has 1 aliphatic rings. The third kappa shape index (κ3) is 3.37. The zero-order valence-corrected chi connectivity index (χ0v) is 12.4. The second-order valence-electron chi connectivity index (χ2n) is 6.24. The normalized spacial score (nSPS) is 27.7. The van der Waals surface area contributed by atoms with Crippen LogP contribution < -0.4 is 5.32 Å². The van der Waals surface area contributed by atoms with Crippen LogP contribution >= 0.6 is 0 Å². The van der Waals surface area contributed by atoms with E-state index in [9.17, 15) is 5.11 Å². The summed E-state index contributed by atoms with van der Waals surface area (Å²) in [6.45, 7) is 8.46. The predicted molar refractivity (Wildman–Crippen MR) is 80.5 cm³/mol. The van der Waals surface area contributed by atoms with Gasteiger partial charge in [-0.3, -0.25) is 0 Å². The minimum atomic E-state index is -0.528. The van der Waals surface area contributed by atoms with Crippen molar-refractivity contribution in [3.8, 4) is 0 Å². The predicted octanol–water partition coefficient (Wildman–Crippen LogP) is 3.10. The molecule has 1 aromatic carbocycles. The van der Waals surface area contributed by atoms with Gasteiger partial charge in [-0.2, -0.15) is 0 Å². The maximum atomic E-state index is 10.9. The zero-order chi connectivity index (χ0) is 13.9. The Labute approximate surface area is 117 Å². The molecule has 1 heterocycles. The number of piperidine rings is 1. The van der Waals surface area contributed by atoms with E-state index in [4.69, 9.17) is 0 Å². The molecule has 2 nitrogen and oxygen atoms in total. The first-order valence-corrected chi connectivity index (χ1v) is 7.57. The smallest absolute Gasteiger partial charge is 0.0740 e. The summed E-state index contributed by atoms with van der Waals surface area (Å²) < 4.78 is 0. The van der Waals surface area contributed by atoms with Gasteiger partial charge in [0.1, 0.15) is 0 Å². The fraction of sp³-hybridized carbons (Fsp3) is 0.647. The summed E-state index contributed by atoms with van der Waals surface area (Å²) in [6.07, 6.45) is 2.68. The summed E-state index contributed by atoms with van der Waals surface area (Å²) >= 11 is 0. The van der Waals surface area contributed by atoms with Gasteiger partial charge >= 0.3 is 0 Å². The van der Waals surface area contributed by atoms with Crippen molar-refractivity contribution in [2.24, 2.45) is 5.92 Å². The average molecular weight is 261 g/mol. The zero-order valence-electron chi connectivity index (χ0n) is 12.4. The summed E-state index contributed by atoms with van der Waals surface area (Å²) in [5, 5.41) is 14.3. The van der Waals surface area contributed by atoms with E-state index in [1.54, 1.807) is 0 Å². The minimum Gasteiger partial charge on any atom is -0.389 e. The highest BCUT2D eigenvalue weighted by Gasteiger charge is 2.37. The number of nitrogens with one attached hydrogen (secondary N) is 1. The highest BCUT2D eigenvalue weighted by atomic mass is 16.3. The Morgan fingerprint density at radius 3 is 2.58 bits per heavy atom. The lowest BCUT2D eigenvalue weighted by Gasteiger charge is -2.40. The first kappa shape index (κ1) is 14.5. The molecule has 2 unspecified atom stereocenters. The van der Waals surface area contributed by atoms with Crippen molar-refractivity contribution < 1.29 is 5.11 Å². The Morgan fingerprint density at radius 1 is 1.32 bits per heavy atom. The van der Waals surface area contributed by atoms with E-state index in [0.717, 1.165) is 32.4 Å². The van der Waals surface area contributed by atoms with Crippen LogP contribution in [0.2, 0.25) is 0 Å². The van der Waals surface area contributed by atoms with E-state index in [1.807, 2.05) is 0 Å². The number of aliphatic hydroxyl groups is 1. The summed E-state index contributed by atoms with van der Waals surface area (Å²) in [5.41, 5.74) is 2.10. The molecule has 2 N–H and O–H groups in total. The second-order valence-corrected chi connectivity index (χ2v) is 6.24. The van der Waals surface area contributed by atoms with Gasteiger partial charge in [0.2, 0.25) is 0 Å². The quantitative estimate of drug-likeness (QED) is 0.873. The van der Waals surface area contributed by atoms with Crippen molar-refractivity contribution in [3.05, 3.63) is 35.4 Å². The molecule has 1 saturated heterocycles. The van der Waals surface area contributed by atoms with Crippen LogP contribution in [0.15, 0.2) is 24.3 Å². The fourth-order valence-electron chi connectivity index (χ4n) is 3.11. The molecule has 0 spiro atoms. The molecule has 1 aromatic rings. The van der Waals surface area contributed by atoms with E-state index in [-0.39, 0.29) is 0 Å². The molecule has 0 aromatic heterocycles. The number of hydrogen-bond donors (Lipinski definition) is 2. The van der Waals surface area contributed by atoms with Gasteiger partial charge in [0.05, 0.1) is 5.60 Å². The van der Waals surface area contributed by atoms with Gasteiger partial charge in [0, 0.05) is 18.9 Å². The number of hydrogen-bond acceptors (Lipinski definition) is 2. The van der Waals surface area contributed by atoms with Crippen LogP contribution in [0.1, 0.15) is 50.7 Å². The van der Waals surface area contributed by atoms with Crippen LogP contribution in [0.4, 0.5) is 0 Å². The molecular weight excluding hydrogens is 234 g/mol. The van der Waals surface area contributed by atoms with Crippen molar-refractivity contribution in [3.63, 3.8) is 0 Å². The molecule has 2 atom stereocenters. The molecule has 2 heteroatoms. The second kappa shape index (κ2) is 6.06. The standard InChI is InChI=1S/C17H27NO/c1-4-16-12-18-10-9-17(16,19)11-14-5-7-15(8-6-14)13(2)3/h5-8,13,16,18-19H,4,9-12H2,1-3H3. The van der Waals surface area contributed by atoms with Gasteiger partial charge in [-0.25, -0.2) is 0 Å². The topological polar surface area (TPSA) is 32.3 Å². The van der Waals surface area contributed by atoms with Crippen molar-refractivity contribution in [2.75, 3.05) is 13.1 Å². The van der Waals surface area contributed by atoms with Crippen LogP contribution in [0.25, 0.3) is 0 Å². The first-order chi connectivity index (χ1) is 9.05. The Hall–Kier alpha value is -0.860. The van der Waals surface area contributed by atoms with E-state index >= 15 is 0 Å². The van der Waals surface area contributed by atoms with Crippen molar-refractivity contribution in [1.82, 2.24) is 5.32 Å². The van der Waals surface area contributed by atoms with Gasteiger partial charge in [-0.05, 0) is 36.4 Å². The molecule has 0 amide bonds. The molecule has 1 fully saturated rings. The Bertz CT molecular complexity index is 398. The Morgan fingerprint density at radius 2 is 2.00 bits per heavy atom. The molecule has 0 saturated carbocycles. The summed E-state index contributed by atoms with van der Waals surface area (Å²) in [5.74, 6) is 0.936. The Balaban J connectivity index is 2.10. The van der Waals surface area contributed by atoms with Crippen molar-refractivity contribution in [1.29, 1.82) is 0 Å². The van der Waals surface area contributed by atoms with Gasteiger partial charge in [-0.15, -0.1) is 0 Å². The number of rotatable bonds is 4. The molecular formula is C17H27NO. The molecule has 0 radical (unpaired) electrons. The molecule has 2 rings (SSSR count). The lowest BCUT2D eigenvalue weighted by Crippen LogP contribution is -2.51. The SMILES string of the molecule is CCC1CNCCC1(O)Cc1ccc(C(C)C)cc1. The van der Waals surface area contributed by atoms with E-state index in [0.29, 0.717) is 11.8 Å². The third-order valence-corrected chi connectivity index (χ3v) is 4.53. The van der Waals surface area contributed by atoms with Gasteiger partial charge < -0.3 is 10.4 Å². The van der Waals surface area contributed by atoms with E-state index in [1.165, 1.54) is 11.1 Å². The molecule has 1 aliphatic heterocycles. The van der Waals surface area contributed by atoms with Crippen molar-refractivity contribution >= 4 is 0 Å². The average Bonchev–Trinajstić information content (AvgIpc) is 2.39. The summed E-state index contributed by atoms with van der Waals surface area (Å²) in [7, 11) is 0. The first-order valence-electron chi connectivity index (χ1n) is 7.57. The van der Waals surface area contributed by atoms with Crippen LogP contribution in [-0.2, 0) is 6.42 Å². The van der Waals surface area contributed by atoms with Gasteiger partial charge in [0.15, 0.2) is 0 Å². The highest BCUT2D eigenvalue weighted by Crippen LogP contribution is 2.31. The molecule has 106 valence electrons. The fourth-order valence-corrected chi connectivity index (χ4v) is 3.11. The van der Waals surface area contributed by atoms with Crippen LogP contribution in [0, 0.1) is 5.92 Å². The largest absolute Gasteiger partial charge is 0.389 e. The van der Waals surface area contributed by atoms with Crippen molar-refractivity contribution in [2.45, 2.75) is 51.6 Å². The van der Waals surface area contributed by atoms with E-state index in [2.05, 4.69) is 50.4 Å². The Kier molecular flexibility index (Phi) is 4.64. The van der Waals surface area contributed by atoms with Gasteiger partial charge in [-0.1, -0.05) is 45.0 Å². The van der Waals surface area contributed by atoms with Crippen LogP contribution in [0.3, 0.4) is 0 Å². The highest BCUT2D eigenvalue weighted by molar-refractivity contribution is 5.26. The summed E-state index contributed by atoms with van der Waals surface area (Å²) in [4.78, 5) is 0. The van der Waals surface area contributed by atoms with Gasteiger partial charge in [0.25, 0.3) is 0 Å². The molecule has 0 bridgehead atoms.